The largest absolute Gasteiger partial charge is 0.481 e. The van der Waals surface area contributed by atoms with Gasteiger partial charge in [-0.15, -0.1) is 0 Å². The summed E-state index contributed by atoms with van der Waals surface area (Å²) in [4.78, 5) is 25.9. The lowest BCUT2D eigenvalue weighted by molar-refractivity contribution is -0.154. The Hall–Kier alpha value is -1.10. The summed E-state index contributed by atoms with van der Waals surface area (Å²) in [5.74, 6) is -1.61. The van der Waals surface area contributed by atoms with Gasteiger partial charge in [-0.2, -0.15) is 0 Å². The molecule has 3 atom stereocenters. The van der Waals surface area contributed by atoms with Crippen molar-refractivity contribution in [3.63, 3.8) is 0 Å². The SMILES string of the molecule is CCCOC1CCCN(C(=O)[C@@H]2CCCC[C@@H]2C(=O)O)C1. The van der Waals surface area contributed by atoms with Crippen LogP contribution in [-0.2, 0) is 14.3 Å². The Morgan fingerprint density at radius 2 is 1.86 bits per heavy atom. The molecule has 0 aromatic heterocycles. The lowest BCUT2D eigenvalue weighted by Gasteiger charge is -2.37. The normalized spacial score (nSPS) is 30.1. The fourth-order valence-electron chi connectivity index (χ4n) is 3.52. The quantitative estimate of drug-likeness (QED) is 0.845. The molecule has 1 unspecified atom stereocenters. The van der Waals surface area contributed by atoms with Crippen LogP contribution >= 0.6 is 0 Å². The van der Waals surface area contributed by atoms with E-state index in [4.69, 9.17) is 4.74 Å². The Morgan fingerprint density at radius 1 is 1.14 bits per heavy atom. The first kappa shape index (κ1) is 16.3. The maximum Gasteiger partial charge on any atom is 0.307 e. The molecule has 1 aliphatic heterocycles. The van der Waals surface area contributed by atoms with Crippen LogP contribution in [0.2, 0.25) is 0 Å². The highest BCUT2D eigenvalue weighted by atomic mass is 16.5. The highest BCUT2D eigenvalue weighted by Gasteiger charge is 2.38. The lowest BCUT2D eigenvalue weighted by atomic mass is 9.78. The average Bonchev–Trinajstić information content (AvgIpc) is 2.52. The van der Waals surface area contributed by atoms with Gasteiger partial charge in [-0.05, 0) is 32.1 Å². The van der Waals surface area contributed by atoms with Crippen LogP contribution in [0.15, 0.2) is 0 Å². The standard InChI is InChI=1S/C16H27NO4/c1-2-10-21-12-6-5-9-17(11-12)15(18)13-7-3-4-8-14(13)16(19)20/h12-14H,2-11H2,1H3,(H,19,20)/t12?,13-,14+/m1/s1. The summed E-state index contributed by atoms with van der Waals surface area (Å²) in [6.07, 6.45) is 6.28. The number of rotatable bonds is 5. The molecule has 1 aliphatic carbocycles. The number of carbonyl (C=O) groups excluding carboxylic acids is 1. The summed E-state index contributed by atoms with van der Waals surface area (Å²) in [7, 11) is 0. The van der Waals surface area contributed by atoms with Gasteiger partial charge in [0.15, 0.2) is 0 Å². The molecule has 0 radical (unpaired) electrons. The summed E-state index contributed by atoms with van der Waals surface area (Å²) in [6, 6.07) is 0. The first-order chi connectivity index (χ1) is 10.1. The molecule has 1 heterocycles. The number of carboxylic acid groups (broad SMARTS) is 1. The number of hydrogen-bond donors (Lipinski definition) is 1. The van der Waals surface area contributed by atoms with Crippen molar-refractivity contribution >= 4 is 11.9 Å². The highest BCUT2D eigenvalue weighted by Crippen LogP contribution is 2.32. The Balaban J connectivity index is 1.95. The van der Waals surface area contributed by atoms with Crippen LogP contribution in [0, 0.1) is 11.8 Å². The van der Waals surface area contributed by atoms with Crippen LogP contribution in [0.25, 0.3) is 0 Å². The van der Waals surface area contributed by atoms with E-state index in [9.17, 15) is 14.7 Å². The number of hydrogen-bond acceptors (Lipinski definition) is 3. The summed E-state index contributed by atoms with van der Waals surface area (Å²) in [5, 5.41) is 9.33. The van der Waals surface area contributed by atoms with Crippen molar-refractivity contribution in [2.75, 3.05) is 19.7 Å². The molecule has 2 fully saturated rings. The van der Waals surface area contributed by atoms with Gasteiger partial charge in [-0.1, -0.05) is 19.8 Å². The summed E-state index contributed by atoms with van der Waals surface area (Å²) < 4.78 is 5.76. The van der Waals surface area contributed by atoms with Gasteiger partial charge in [0.05, 0.1) is 17.9 Å². The van der Waals surface area contributed by atoms with Crippen molar-refractivity contribution in [1.82, 2.24) is 4.90 Å². The average molecular weight is 297 g/mol. The van der Waals surface area contributed by atoms with Crippen LogP contribution in [0.4, 0.5) is 0 Å². The van der Waals surface area contributed by atoms with Crippen molar-refractivity contribution in [2.24, 2.45) is 11.8 Å². The maximum atomic E-state index is 12.7. The molecule has 0 aromatic rings. The predicted molar refractivity (Wildman–Crippen MR) is 78.9 cm³/mol. The van der Waals surface area contributed by atoms with Crippen LogP contribution in [-0.4, -0.2) is 47.7 Å². The van der Waals surface area contributed by atoms with Gasteiger partial charge < -0.3 is 14.7 Å². The number of carbonyl (C=O) groups is 2. The minimum absolute atomic E-state index is 0.0342. The Bertz CT molecular complexity index is 371. The van der Waals surface area contributed by atoms with E-state index in [1.807, 2.05) is 4.90 Å². The molecule has 2 aliphatic rings. The smallest absolute Gasteiger partial charge is 0.307 e. The molecule has 0 aromatic carbocycles. The van der Waals surface area contributed by atoms with E-state index in [-0.39, 0.29) is 17.9 Å². The van der Waals surface area contributed by atoms with Gasteiger partial charge in [0.25, 0.3) is 0 Å². The molecule has 21 heavy (non-hydrogen) atoms. The molecule has 1 N–H and O–H groups in total. The Kier molecular flexibility index (Phi) is 6.03. The van der Waals surface area contributed by atoms with Crippen molar-refractivity contribution in [1.29, 1.82) is 0 Å². The van der Waals surface area contributed by atoms with Gasteiger partial charge in [0.2, 0.25) is 5.91 Å². The van der Waals surface area contributed by atoms with E-state index in [1.54, 1.807) is 0 Å². The van der Waals surface area contributed by atoms with E-state index in [2.05, 4.69) is 6.92 Å². The molecule has 0 bridgehead atoms. The summed E-state index contributed by atoms with van der Waals surface area (Å²) >= 11 is 0. The molecule has 1 saturated carbocycles. The number of nitrogens with zero attached hydrogens (tertiary/aromatic N) is 1. The van der Waals surface area contributed by atoms with Crippen LogP contribution in [0.5, 0.6) is 0 Å². The predicted octanol–water partition coefficient (Wildman–Crippen LogP) is 2.29. The monoisotopic (exact) mass is 297 g/mol. The highest BCUT2D eigenvalue weighted by molar-refractivity contribution is 5.85. The van der Waals surface area contributed by atoms with Crippen LogP contribution in [0.1, 0.15) is 51.9 Å². The molecule has 1 saturated heterocycles. The van der Waals surface area contributed by atoms with E-state index in [0.29, 0.717) is 19.4 Å². The number of ether oxygens (including phenoxy) is 1. The second-order valence-electron chi connectivity index (χ2n) is 6.25. The first-order valence-corrected chi connectivity index (χ1v) is 8.26. The molecule has 5 heteroatoms. The Labute approximate surface area is 126 Å². The fourth-order valence-corrected chi connectivity index (χ4v) is 3.52. The molecular weight excluding hydrogens is 270 g/mol. The fraction of sp³-hybridized carbons (Fsp3) is 0.875. The number of amides is 1. The van der Waals surface area contributed by atoms with Crippen molar-refractivity contribution in [3.05, 3.63) is 0 Å². The molecule has 120 valence electrons. The lowest BCUT2D eigenvalue weighted by Crippen LogP contribution is -2.48. The van der Waals surface area contributed by atoms with Crippen molar-refractivity contribution in [3.8, 4) is 0 Å². The third-order valence-corrected chi connectivity index (χ3v) is 4.65. The van der Waals surface area contributed by atoms with Gasteiger partial charge in [0.1, 0.15) is 0 Å². The van der Waals surface area contributed by atoms with Gasteiger partial charge >= 0.3 is 5.97 Å². The molecule has 5 nitrogen and oxygen atoms in total. The topological polar surface area (TPSA) is 66.8 Å². The van der Waals surface area contributed by atoms with Crippen molar-refractivity contribution < 1.29 is 19.4 Å². The zero-order valence-electron chi connectivity index (χ0n) is 12.9. The van der Waals surface area contributed by atoms with Crippen molar-refractivity contribution in [2.45, 2.75) is 58.0 Å². The summed E-state index contributed by atoms with van der Waals surface area (Å²) in [5.41, 5.74) is 0. The number of carboxylic acids is 1. The zero-order valence-corrected chi connectivity index (χ0v) is 12.9. The zero-order chi connectivity index (χ0) is 15.2. The van der Waals surface area contributed by atoms with E-state index >= 15 is 0 Å². The molecule has 0 spiro atoms. The van der Waals surface area contributed by atoms with Gasteiger partial charge in [-0.25, -0.2) is 0 Å². The molecule has 2 rings (SSSR count). The second-order valence-corrected chi connectivity index (χ2v) is 6.25. The van der Waals surface area contributed by atoms with E-state index in [1.165, 1.54) is 0 Å². The third kappa shape index (κ3) is 4.19. The Morgan fingerprint density at radius 3 is 2.52 bits per heavy atom. The first-order valence-electron chi connectivity index (χ1n) is 8.26. The summed E-state index contributed by atoms with van der Waals surface area (Å²) in [6.45, 7) is 4.18. The number of likely N-dealkylation sites (tertiary alicyclic amines) is 1. The van der Waals surface area contributed by atoms with Gasteiger partial charge in [0, 0.05) is 19.7 Å². The minimum Gasteiger partial charge on any atom is -0.481 e. The van der Waals surface area contributed by atoms with Crippen LogP contribution in [0.3, 0.4) is 0 Å². The minimum atomic E-state index is -0.816. The molecular formula is C16H27NO4. The third-order valence-electron chi connectivity index (χ3n) is 4.65. The number of aliphatic carboxylic acids is 1. The maximum absolute atomic E-state index is 12.7. The van der Waals surface area contributed by atoms with Gasteiger partial charge in [-0.3, -0.25) is 9.59 Å². The number of piperidine rings is 1. The van der Waals surface area contributed by atoms with E-state index in [0.717, 1.165) is 45.3 Å². The van der Waals surface area contributed by atoms with Crippen LogP contribution < -0.4 is 0 Å². The van der Waals surface area contributed by atoms with E-state index < -0.39 is 11.9 Å². The second kappa shape index (κ2) is 7.78. The molecule has 1 amide bonds.